The van der Waals surface area contributed by atoms with Gasteiger partial charge in [-0.05, 0) is 23.8 Å². The minimum absolute atomic E-state index is 0.194. The van der Waals surface area contributed by atoms with Gasteiger partial charge in [-0.3, -0.25) is 14.3 Å². The second kappa shape index (κ2) is 4.88. The Morgan fingerprint density at radius 3 is 2.86 bits per heavy atom. The van der Waals surface area contributed by atoms with E-state index in [-0.39, 0.29) is 12.1 Å². The lowest BCUT2D eigenvalue weighted by molar-refractivity contribution is 0.711. The van der Waals surface area contributed by atoms with Crippen molar-refractivity contribution >= 4 is 31.8 Å². The van der Waals surface area contributed by atoms with Gasteiger partial charge in [-0.2, -0.15) is 0 Å². The summed E-state index contributed by atoms with van der Waals surface area (Å²) >= 11 is 1.29. The third-order valence-electron chi connectivity index (χ3n) is 3.45. The number of hydrogen-bond donors (Lipinski definition) is 1. The van der Waals surface area contributed by atoms with Crippen LogP contribution in [-0.4, -0.2) is 19.5 Å². The molecule has 0 saturated heterocycles. The first-order chi connectivity index (χ1) is 10.7. The van der Waals surface area contributed by atoms with Crippen LogP contribution in [0.3, 0.4) is 0 Å². The van der Waals surface area contributed by atoms with E-state index < -0.39 is 5.69 Å². The highest BCUT2D eigenvalue weighted by atomic mass is 32.1. The van der Waals surface area contributed by atoms with Crippen molar-refractivity contribution in [3.63, 3.8) is 0 Å². The standard InChI is InChI=1S/C15H10N4O2S/c20-14-12-11(10-4-2-6-17-13(10)22-12)18-15(21)19(14)8-9-3-1-5-16-7-9/h1-7H,8H2,(H,18,21). The quantitative estimate of drug-likeness (QED) is 0.611. The third-order valence-corrected chi connectivity index (χ3v) is 4.55. The van der Waals surface area contributed by atoms with E-state index in [1.165, 1.54) is 15.9 Å². The van der Waals surface area contributed by atoms with Gasteiger partial charge in [-0.1, -0.05) is 6.07 Å². The highest BCUT2D eigenvalue weighted by Crippen LogP contribution is 2.27. The molecular weight excluding hydrogens is 300 g/mol. The molecule has 4 rings (SSSR count). The van der Waals surface area contributed by atoms with Gasteiger partial charge in [0.25, 0.3) is 5.56 Å². The van der Waals surface area contributed by atoms with Crippen molar-refractivity contribution in [2.45, 2.75) is 6.54 Å². The van der Waals surface area contributed by atoms with Crippen LogP contribution in [0.2, 0.25) is 0 Å². The molecule has 0 spiro atoms. The zero-order valence-electron chi connectivity index (χ0n) is 11.3. The van der Waals surface area contributed by atoms with Crippen molar-refractivity contribution in [1.82, 2.24) is 19.5 Å². The second-order valence-corrected chi connectivity index (χ2v) is 5.84. The summed E-state index contributed by atoms with van der Waals surface area (Å²) in [5.74, 6) is 0. The lowest BCUT2D eigenvalue weighted by atomic mass is 10.3. The molecule has 0 amide bonds. The van der Waals surface area contributed by atoms with Crippen LogP contribution >= 0.6 is 11.3 Å². The van der Waals surface area contributed by atoms with Gasteiger partial charge in [-0.25, -0.2) is 9.78 Å². The van der Waals surface area contributed by atoms with Crippen LogP contribution in [0, 0.1) is 0 Å². The van der Waals surface area contributed by atoms with Crippen LogP contribution in [0.4, 0.5) is 0 Å². The summed E-state index contributed by atoms with van der Waals surface area (Å²) in [6, 6.07) is 7.24. The molecule has 0 bridgehead atoms. The van der Waals surface area contributed by atoms with Crippen molar-refractivity contribution < 1.29 is 0 Å². The smallest absolute Gasteiger partial charge is 0.305 e. The molecule has 0 fully saturated rings. The number of nitrogens with one attached hydrogen (secondary N) is 1. The first-order valence-electron chi connectivity index (χ1n) is 6.63. The monoisotopic (exact) mass is 310 g/mol. The highest BCUT2D eigenvalue weighted by molar-refractivity contribution is 7.25. The van der Waals surface area contributed by atoms with E-state index in [1.807, 2.05) is 12.1 Å². The van der Waals surface area contributed by atoms with Gasteiger partial charge in [0.2, 0.25) is 0 Å². The van der Waals surface area contributed by atoms with Gasteiger partial charge < -0.3 is 4.98 Å². The van der Waals surface area contributed by atoms with E-state index >= 15 is 0 Å². The minimum Gasteiger partial charge on any atom is -0.305 e. The van der Waals surface area contributed by atoms with E-state index in [2.05, 4.69) is 15.0 Å². The molecule has 4 aromatic heterocycles. The number of rotatable bonds is 2. The summed E-state index contributed by atoms with van der Waals surface area (Å²) in [5.41, 5.74) is 0.634. The lowest BCUT2D eigenvalue weighted by Crippen LogP contribution is -2.34. The second-order valence-electron chi connectivity index (χ2n) is 4.85. The molecule has 0 radical (unpaired) electrons. The molecule has 0 aliphatic carbocycles. The maximum atomic E-state index is 12.6. The Bertz CT molecular complexity index is 1100. The zero-order valence-corrected chi connectivity index (χ0v) is 12.1. The summed E-state index contributed by atoms with van der Waals surface area (Å²) < 4.78 is 1.70. The molecule has 0 unspecified atom stereocenters. The van der Waals surface area contributed by atoms with E-state index in [0.717, 1.165) is 15.8 Å². The number of fused-ring (bicyclic) bond motifs is 3. The van der Waals surface area contributed by atoms with E-state index in [1.54, 1.807) is 30.7 Å². The van der Waals surface area contributed by atoms with Crippen LogP contribution in [0.15, 0.2) is 52.4 Å². The fourth-order valence-electron chi connectivity index (χ4n) is 2.41. The number of H-pyrrole nitrogens is 1. The van der Waals surface area contributed by atoms with Crippen LogP contribution in [0.1, 0.15) is 5.56 Å². The number of pyridine rings is 2. The SMILES string of the molecule is O=c1[nH]c2c(sc3ncccc32)c(=O)n1Cc1cccnc1. The Morgan fingerprint density at radius 2 is 2.05 bits per heavy atom. The molecular formula is C15H10N4O2S. The molecule has 22 heavy (non-hydrogen) atoms. The molecule has 0 aromatic carbocycles. The maximum Gasteiger partial charge on any atom is 0.329 e. The predicted molar refractivity (Wildman–Crippen MR) is 85.3 cm³/mol. The molecule has 0 saturated carbocycles. The van der Waals surface area contributed by atoms with Crippen LogP contribution in [0.5, 0.6) is 0 Å². The van der Waals surface area contributed by atoms with Crippen LogP contribution in [-0.2, 0) is 6.54 Å². The Balaban J connectivity index is 1.99. The van der Waals surface area contributed by atoms with E-state index in [4.69, 9.17) is 0 Å². The highest BCUT2D eigenvalue weighted by Gasteiger charge is 2.14. The number of thiophene rings is 1. The van der Waals surface area contributed by atoms with Gasteiger partial charge in [-0.15, -0.1) is 11.3 Å². The normalized spacial score (nSPS) is 11.3. The van der Waals surface area contributed by atoms with Crippen molar-refractivity contribution in [3.8, 4) is 0 Å². The Hall–Kier alpha value is -2.80. The van der Waals surface area contributed by atoms with Crippen molar-refractivity contribution in [2.24, 2.45) is 0 Å². The fraction of sp³-hybridized carbons (Fsp3) is 0.0667. The van der Waals surface area contributed by atoms with E-state index in [9.17, 15) is 9.59 Å². The average molecular weight is 310 g/mol. The van der Waals surface area contributed by atoms with E-state index in [0.29, 0.717) is 10.2 Å². The molecule has 7 heteroatoms. The summed E-state index contributed by atoms with van der Waals surface area (Å²) in [4.78, 5) is 36.7. The van der Waals surface area contributed by atoms with Crippen molar-refractivity contribution in [2.75, 3.05) is 0 Å². The van der Waals surface area contributed by atoms with Gasteiger partial charge in [0.05, 0.1) is 12.1 Å². The number of aromatic nitrogens is 4. The molecule has 0 aliphatic rings. The largest absolute Gasteiger partial charge is 0.329 e. The zero-order chi connectivity index (χ0) is 15.1. The molecule has 0 aliphatic heterocycles. The van der Waals surface area contributed by atoms with Gasteiger partial charge >= 0.3 is 5.69 Å². The van der Waals surface area contributed by atoms with Crippen molar-refractivity contribution in [1.29, 1.82) is 0 Å². The Labute approximate surface area is 127 Å². The summed E-state index contributed by atoms with van der Waals surface area (Å²) in [6.45, 7) is 0.194. The third kappa shape index (κ3) is 1.94. The molecule has 0 atom stereocenters. The van der Waals surface area contributed by atoms with Gasteiger partial charge in [0, 0.05) is 24.0 Å². The molecule has 1 N–H and O–H groups in total. The first-order valence-corrected chi connectivity index (χ1v) is 7.45. The Morgan fingerprint density at radius 1 is 1.18 bits per heavy atom. The first kappa shape index (κ1) is 12.9. The number of hydrogen-bond acceptors (Lipinski definition) is 5. The molecule has 108 valence electrons. The number of nitrogens with zero attached hydrogens (tertiary/aromatic N) is 3. The molecule has 4 heterocycles. The summed E-state index contributed by atoms with van der Waals surface area (Å²) in [7, 11) is 0. The molecule has 4 aromatic rings. The van der Waals surface area contributed by atoms with Crippen molar-refractivity contribution in [3.05, 3.63) is 69.3 Å². The predicted octanol–water partition coefficient (Wildman–Crippen LogP) is 1.74. The topological polar surface area (TPSA) is 80.6 Å². The minimum atomic E-state index is -0.426. The molecule has 6 nitrogen and oxygen atoms in total. The average Bonchev–Trinajstić information content (AvgIpc) is 2.91. The van der Waals surface area contributed by atoms with Gasteiger partial charge in [0.15, 0.2) is 0 Å². The fourth-order valence-corrected chi connectivity index (χ4v) is 3.46. The summed E-state index contributed by atoms with van der Waals surface area (Å²) in [6.07, 6.45) is 4.96. The van der Waals surface area contributed by atoms with Crippen LogP contribution in [0.25, 0.3) is 20.4 Å². The summed E-state index contributed by atoms with van der Waals surface area (Å²) in [5, 5.41) is 0.797. The Kier molecular flexibility index (Phi) is 2.87. The number of aromatic amines is 1. The van der Waals surface area contributed by atoms with Crippen LogP contribution < -0.4 is 11.2 Å². The van der Waals surface area contributed by atoms with Gasteiger partial charge in [0.1, 0.15) is 9.53 Å². The maximum absolute atomic E-state index is 12.6. The lowest BCUT2D eigenvalue weighted by Gasteiger charge is -2.04.